The van der Waals surface area contributed by atoms with E-state index in [1.807, 2.05) is 5.38 Å². The summed E-state index contributed by atoms with van der Waals surface area (Å²) in [6, 6.07) is -0.0613. The van der Waals surface area contributed by atoms with Crippen LogP contribution in [0.3, 0.4) is 0 Å². The molecule has 1 aliphatic carbocycles. The maximum atomic E-state index is 11.3. The zero-order chi connectivity index (χ0) is 8.01. The monoisotopic (exact) mass is 231 g/mol. The highest BCUT2D eigenvalue weighted by Crippen LogP contribution is 2.39. The molecule has 11 heavy (non-hydrogen) atoms. The van der Waals surface area contributed by atoms with E-state index in [1.165, 1.54) is 0 Å². The molecule has 58 valence electrons. The number of fused-ring (bicyclic) bond motifs is 1. The van der Waals surface area contributed by atoms with Crippen molar-refractivity contribution in [1.29, 1.82) is 0 Å². The molecule has 1 heterocycles. The molecule has 1 atom stereocenters. The second-order valence-electron chi connectivity index (χ2n) is 2.56. The average molecular weight is 232 g/mol. The Morgan fingerprint density at radius 3 is 3.09 bits per heavy atom. The Hall–Kier alpha value is -0.190. The van der Waals surface area contributed by atoms with E-state index < -0.39 is 0 Å². The van der Waals surface area contributed by atoms with Crippen molar-refractivity contribution in [3.63, 3.8) is 0 Å². The maximum absolute atomic E-state index is 11.3. The van der Waals surface area contributed by atoms with Crippen molar-refractivity contribution in [2.45, 2.75) is 12.5 Å². The molecular formula is C7H6BrNOS. The van der Waals surface area contributed by atoms with Crippen molar-refractivity contribution in [2.24, 2.45) is 5.73 Å². The van der Waals surface area contributed by atoms with Crippen LogP contribution in [0.25, 0.3) is 0 Å². The molecule has 0 amide bonds. The molecule has 0 aromatic carbocycles. The number of carbonyl (C=O) groups is 1. The summed E-state index contributed by atoms with van der Waals surface area (Å²) in [4.78, 5) is 12.3. The first-order valence-electron chi connectivity index (χ1n) is 3.26. The zero-order valence-corrected chi connectivity index (χ0v) is 8.04. The third kappa shape index (κ3) is 0.972. The molecule has 0 saturated heterocycles. The van der Waals surface area contributed by atoms with Gasteiger partial charge in [0.05, 0.1) is 0 Å². The van der Waals surface area contributed by atoms with Crippen LogP contribution in [0.4, 0.5) is 0 Å². The van der Waals surface area contributed by atoms with Gasteiger partial charge in [-0.05, 0) is 15.9 Å². The summed E-state index contributed by atoms with van der Waals surface area (Å²) >= 11 is 4.88. The van der Waals surface area contributed by atoms with Gasteiger partial charge in [-0.3, -0.25) is 4.79 Å². The predicted molar refractivity (Wildman–Crippen MR) is 47.9 cm³/mol. The maximum Gasteiger partial charge on any atom is 0.167 e. The van der Waals surface area contributed by atoms with E-state index in [1.54, 1.807) is 11.3 Å². The molecule has 4 heteroatoms. The molecule has 0 radical (unpaired) electrons. The van der Waals surface area contributed by atoms with Crippen LogP contribution in [0.2, 0.25) is 0 Å². The quantitative estimate of drug-likeness (QED) is 0.744. The molecule has 0 aliphatic heterocycles. The van der Waals surface area contributed by atoms with Gasteiger partial charge in [-0.25, -0.2) is 0 Å². The summed E-state index contributed by atoms with van der Waals surface area (Å²) in [7, 11) is 0. The lowest BCUT2D eigenvalue weighted by Gasteiger charge is -1.95. The van der Waals surface area contributed by atoms with E-state index in [4.69, 9.17) is 5.73 Å². The largest absolute Gasteiger partial charge is 0.323 e. The summed E-state index contributed by atoms with van der Waals surface area (Å²) in [5, 5.41) is 1.92. The number of halogens is 1. The molecule has 2 N–H and O–H groups in total. The molecule has 0 spiro atoms. The lowest BCUT2D eigenvalue weighted by Crippen LogP contribution is -2.04. The number of nitrogens with two attached hydrogens (primary N) is 1. The minimum absolute atomic E-state index is 0.0613. The van der Waals surface area contributed by atoms with E-state index in [0.717, 1.165) is 14.9 Å². The molecule has 1 aliphatic rings. The van der Waals surface area contributed by atoms with Crippen LogP contribution in [-0.2, 0) is 0 Å². The van der Waals surface area contributed by atoms with Gasteiger partial charge >= 0.3 is 0 Å². The minimum atomic E-state index is -0.0613. The van der Waals surface area contributed by atoms with Crippen molar-refractivity contribution in [2.75, 3.05) is 0 Å². The first-order chi connectivity index (χ1) is 5.20. The fourth-order valence-electron chi connectivity index (χ4n) is 1.29. The third-order valence-corrected chi connectivity index (χ3v) is 3.84. The van der Waals surface area contributed by atoms with Gasteiger partial charge < -0.3 is 5.73 Å². The first kappa shape index (κ1) is 7.46. The molecule has 2 rings (SSSR count). The zero-order valence-electron chi connectivity index (χ0n) is 5.63. The molecule has 0 saturated carbocycles. The Kier molecular flexibility index (Phi) is 1.63. The van der Waals surface area contributed by atoms with Crippen LogP contribution < -0.4 is 5.73 Å². The molecule has 1 unspecified atom stereocenters. The van der Waals surface area contributed by atoms with Gasteiger partial charge in [-0.2, -0.15) is 0 Å². The first-order valence-corrected chi connectivity index (χ1v) is 4.93. The van der Waals surface area contributed by atoms with Crippen LogP contribution in [0.5, 0.6) is 0 Å². The fourth-order valence-corrected chi connectivity index (χ4v) is 3.08. The average Bonchev–Trinajstić information content (AvgIpc) is 2.41. The number of thiophene rings is 1. The smallest absolute Gasteiger partial charge is 0.167 e. The van der Waals surface area contributed by atoms with Crippen LogP contribution in [0, 0.1) is 0 Å². The highest BCUT2D eigenvalue weighted by Gasteiger charge is 2.30. The Labute approximate surface area is 76.5 Å². The standard InChI is InChI=1S/C7H6BrNOS/c8-3-2-11-7-4(9)1-5(10)6(3)7/h2,4H,1,9H2. The van der Waals surface area contributed by atoms with Gasteiger partial charge in [0.15, 0.2) is 5.78 Å². The van der Waals surface area contributed by atoms with Crippen LogP contribution >= 0.6 is 27.3 Å². The van der Waals surface area contributed by atoms with Crippen molar-refractivity contribution in [3.05, 3.63) is 20.3 Å². The van der Waals surface area contributed by atoms with Crippen molar-refractivity contribution in [3.8, 4) is 0 Å². The van der Waals surface area contributed by atoms with E-state index in [2.05, 4.69) is 15.9 Å². The van der Waals surface area contributed by atoms with E-state index in [9.17, 15) is 4.79 Å². The number of rotatable bonds is 0. The topological polar surface area (TPSA) is 43.1 Å². The van der Waals surface area contributed by atoms with Crippen molar-refractivity contribution < 1.29 is 4.79 Å². The van der Waals surface area contributed by atoms with E-state index >= 15 is 0 Å². The van der Waals surface area contributed by atoms with E-state index in [0.29, 0.717) is 6.42 Å². The summed E-state index contributed by atoms with van der Waals surface area (Å²) in [6.07, 6.45) is 0.473. The Morgan fingerprint density at radius 1 is 1.73 bits per heavy atom. The lowest BCUT2D eigenvalue weighted by atomic mass is 10.2. The summed E-state index contributed by atoms with van der Waals surface area (Å²) < 4.78 is 0.899. The highest BCUT2D eigenvalue weighted by atomic mass is 79.9. The number of hydrogen-bond acceptors (Lipinski definition) is 3. The van der Waals surface area contributed by atoms with Crippen molar-refractivity contribution >= 4 is 33.0 Å². The lowest BCUT2D eigenvalue weighted by molar-refractivity contribution is 0.0989. The minimum Gasteiger partial charge on any atom is -0.323 e. The number of ketones is 1. The Balaban J connectivity index is 2.63. The molecule has 0 bridgehead atoms. The number of hydrogen-bond donors (Lipinski definition) is 1. The summed E-state index contributed by atoms with van der Waals surface area (Å²) in [5.41, 5.74) is 6.53. The summed E-state index contributed by atoms with van der Waals surface area (Å²) in [5.74, 6) is 0.167. The molecular weight excluding hydrogens is 226 g/mol. The van der Waals surface area contributed by atoms with Gasteiger partial charge in [0, 0.05) is 32.8 Å². The van der Waals surface area contributed by atoms with Crippen LogP contribution in [0.1, 0.15) is 27.7 Å². The predicted octanol–water partition coefficient (Wildman–Crippen LogP) is 2.10. The van der Waals surface area contributed by atoms with Gasteiger partial charge in [-0.1, -0.05) is 0 Å². The number of Topliss-reactive ketones (excluding diaryl/α,β-unsaturated/α-hetero) is 1. The Morgan fingerprint density at radius 2 is 2.45 bits per heavy atom. The molecule has 0 fully saturated rings. The fraction of sp³-hybridized carbons (Fsp3) is 0.286. The summed E-state index contributed by atoms with van der Waals surface area (Å²) in [6.45, 7) is 0. The molecule has 1 aromatic heterocycles. The second-order valence-corrected chi connectivity index (χ2v) is 4.32. The van der Waals surface area contributed by atoms with E-state index in [-0.39, 0.29) is 11.8 Å². The van der Waals surface area contributed by atoms with Crippen molar-refractivity contribution in [1.82, 2.24) is 0 Å². The van der Waals surface area contributed by atoms with Gasteiger partial charge in [0.25, 0.3) is 0 Å². The van der Waals surface area contributed by atoms with Gasteiger partial charge in [-0.15, -0.1) is 11.3 Å². The highest BCUT2D eigenvalue weighted by molar-refractivity contribution is 9.10. The molecule has 2 nitrogen and oxygen atoms in total. The Bertz CT molecular complexity index is 320. The van der Waals surface area contributed by atoms with Crippen LogP contribution in [0.15, 0.2) is 9.85 Å². The second kappa shape index (κ2) is 2.40. The third-order valence-electron chi connectivity index (χ3n) is 1.80. The number of carbonyl (C=O) groups excluding carboxylic acids is 1. The molecule has 1 aromatic rings. The van der Waals surface area contributed by atoms with Gasteiger partial charge in [0.2, 0.25) is 0 Å². The SMILES string of the molecule is NC1CC(=O)c2c(Br)csc21. The van der Waals surface area contributed by atoms with Gasteiger partial charge in [0.1, 0.15) is 0 Å². The normalized spacial score (nSPS) is 22.4. The van der Waals surface area contributed by atoms with Crippen LogP contribution in [-0.4, -0.2) is 5.78 Å².